The number of amides is 1. The van der Waals surface area contributed by atoms with E-state index in [1.54, 1.807) is 18.2 Å². The number of nitrogens with one attached hydrogen (secondary N) is 2. The number of hydrogen-bond acceptors (Lipinski definition) is 4. The number of carbonyl (C=O) groups excluding carboxylic acids is 1. The second-order valence-corrected chi connectivity index (χ2v) is 5.40. The fraction of sp³-hybridized carbons (Fsp3) is 0.0625. The predicted molar refractivity (Wildman–Crippen MR) is 91.4 cm³/mol. The van der Waals surface area contributed by atoms with E-state index < -0.39 is 5.91 Å². The first-order valence-corrected chi connectivity index (χ1v) is 7.32. The third-order valence-electron chi connectivity index (χ3n) is 2.80. The Morgan fingerprint density at radius 2 is 2.09 bits per heavy atom. The van der Waals surface area contributed by atoms with Gasteiger partial charge >= 0.3 is 0 Å². The Bertz CT molecular complexity index is 812. The Labute approximate surface area is 143 Å². The maximum atomic E-state index is 12.1. The Morgan fingerprint density at radius 3 is 2.74 bits per heavy atom. The van der Waals surface area contributed by atoms with Crippen LogP contribution in [0.25, 0.3) is 0 Å². The van der Waals surface area contributed by atoms with Crippen LogP contribution < -0.4 is 10.6 Å². The summed E-state index contributed by atoms with van der Waals surface area (Å²) in [7, 11) is 0. The van der Waals surface area contributed by atoms with Gasteiger partial charge in [0.05, 0.1) is 10.7 Å². The molecule has 1 heterocycles. The molecule has 2 aromatic rings. The molecule has 23 heavy (non-hydrogen) atoms. The average molecular weight is 347 g/mol. The first-order valence-electron chi connectivity index (χ1n) is 6.56. The number of rotatable bonds is 4. The van der Waals surface area contributed by atoms with Gasteiger partial charge < -0.3 is 10.6 Å². The van der Waals surface area contributed by atoms with Crippen molar-refractivity contribution in [3.05, 3.63) is 63.9 Å². The average Bonchev–Trinajstić information content (AvgIpc) is 2.51. The van der Waals surface area contributed by atoms with Crippen molar-refractivity contribution in [2.45, 2.75) is 6.92 Å². The molecule has 116 valence electrons. The maximum absolute atomic E-state index is 12.1. The normalized spacial score (nSPS) is 10.8. The van der Waals surface area contributed by atoms with Gasteiger partial charge in [-0.3, -0.25) is 4.79 Å². The van der Waals surface area contributed by atoms with Crippen LogP contribution in [-0.2, 0) is 4.79 Å². The molecule has 7 heteroatoms. The van der Waals surface area contributed by atoms with Crippen LogP contribution in [0.1, 0.15) is 5.69 Å². The number of hydrogen-bond donors (Lipinski definition) is 2. The van der Waals surface area contributed by atoms with E-state index in [1.807, 2.05) is 25.1 Å². The number of benzene rings is 1. The SMILES string of the molecule is Cc1cccc(N/C=C(/C#N)C(=O)Nc2ccc(Cl)cc2Cl)n1. The summed E-state index contributed by atoms with van der Waals surface area (Å²) in [4.78, 5) is 16.3. The summed E-state index contributed by atoms with van der Waals surface area (Å²) in [6.45, 7) is 1.84. The third kappa shape index (κ3) is 4.71. The summed E-state index contributed by atoms with van der Waals surface area (Å²) in [5.41, 5.74) is 1.08. The van der Waals surface area contributed by atoms with Gasteiger partial charge in [0, 0.05) is 16.9 Å². The molecule has 5 nitrogen and oxygen atoms in total. The van der Waals surface area contributed by atoms with Gasteiger partial charge in [-0.2, -0.15) is 5.26 Å². The van der Waals surface area contributed by atoms with Crippen molar-refractivity contribution in [2.75, 3.05) is 10.6 Å². The van der Waals surface area contributed by atoms with Crippen LogP contribution in [0.3, 0.4) is 0 Å². The quantitative estimate of drug-likeness (QED) is 0.643. The van der Waals surface area contributed by atoms with Gasteiger partial charge in [-0.1, -0.05) is 29.3 Å². The largest absolute Gasteiger partial charge is 0.345 e. The highest BCUT2D eigenvalue weighted by Gasteiger charge is 2.11. The minimum Gasteiger partial charge on any atom is -0.345 e. The number of nitriles is 1. The van der Waals surface area contributed by atoms with Crippen molar-refractivity contribution < 1.29 is 4.79 Å². The minimum absolute atomic E-state index is 0.112. The molecule has 0 aliphatic carbocycles. The van der Waals surface area contributed by atoms with Crippen LogP contribution in [0.4, 0.5) is 11.5 Å². The second-order valence-electron chi connectivity index (χ2n) is 4.56. The molecule has 0 aliphatic heterocycles. The minimum atomic E-state index is -0.586. The highest BCUT2D eigenvalue weighted by molar-refractivity contribution is 6.36. The molecule has 0 radical (unpaired) electrons. The zero-order valence-corrected chi connectivity index (χ0v) is 13.6. The van der Waals surface area contributed by atoms with Crippen LogP contribution in [0.15, 0.2) is 48.2 Å². The lowest BCUT2D eigenvalue weighted by molar-refractivity contribution is -0.112. The van der Waals surface area contributed by atoms with E-state index in [1.165, 1.54) is 12.3 Å². The van der Waals surface area contributed by atoms with E-state index in [2.05, 4.69) is 15.6 Å². The first-order chi connectivity index (χ1) is 11.0. The third-order valence-corrected chi connectivity index (χ3v) is 3.34. The van der Waals surface area contributed by atoms with Gasteiger partial charge in [0.25, 0.3) is 5.91 Å². The number of anilines is 2. The Balaban J connectivity index is 2.12. The monoisotopic (exact) mass is 346 g/mol. The summed E-state index contributed by atoms with van der Waals surface area (Å²) >= 11 is 11.8. The number of pyridine rings is 1. The van der Waals surface area contributed by atoms with Crippen molar-refractivity contribution in [1.82, 2.24) is 4.98 Å². The van der Waals surface area contributed by atoms with Crippen molar-refractivity contribution in [3.63, 3.8) is 0 Å². The number of carbonyl (C=O) groups is 1. The van der Waals surface area contributed by atoms with Gasteiger partial charge in [-0.05, 0) is 37.3 Å². The number of nitrogens with zero attached hydrogens (tertiary/aromatic N) is 2. The topological polar surface area (TPSA) is 77.8 Å². The zero-order chi connectivity index (χ0) is 16.8. The molecule has 0 saturated heterocycles. The molecular formula is C16H12Cl2N4O. The molecule has 0 spiro atoms. The predicted octanol–water partition coefficient (Wildman–Crippen LogP) is 4.15. The van der Waals surface area contributed by atoms with E-state index in [-0.39, 0.29) is 10.6 Å². The van der Waals surface area contributed by atoms with Crippen molar-refractivity contribution in [3.8, 4) is 6.07 Å². The molecular weight excluding hydrogens is 335 g/mol. The van der Waals surface area contributed by atoms with Crippen LogP contribution in [0, 0.1) is 18.3 Å². The van der Waals surface area contributed by atoms with Crippen molar-refractivity contribution in [2.24, 2.45) is 0 Å². The lowest BCUT2D eigenvalue weighted by atomic mass is 10.2. The molecule has 2 N–H and O–H groups in total. The van der Waals surface area contributed by atoms with E-state index >= 15 is 0 Å². The summed E-state index contributed by atoms with van der Waals surface area (Å²) in [5, 5.41) is 15.2. The molecule has 1 aromatic heterocycles. The standard InChI is InChI=1S/C16H12Cl2N4O/c1-10-3-2-4-15(21-10)20-9-11(8-19)16(23)22-14-6-5-12(17)7-13(14)18/h2-7,9H,1H3,(H,20,21)(H,22,23)/b11-9-. The molecule has 0 fully saturated rings. The van der Waals surface area contributed by atoms with Crippen molar-refractivity contribution in [1.29, 1.82) is 5.26 Å². The molecule has 0 atom stereocenters. The fourth-order valence-corrected chi connectivity index (χ4v) is 2.15. The molecule has 0 saturated carbocycles. The smallest absolute Gasteiger partial charge is 0.267 e. The summed E-state index contributed by atoms with van der Waals surface area (Å²) in [5.74, 6) is -0.0491. The van der Waals surface area contributed by atoms with Gasteiger partial charge in [-0.15, -0.1) is 0 Å². The highest BCUT2D eigenvalue weighted by atomic mass is 35.5. The molecule has 1 aromatic carbocycles. The lowest BCUT2D eigenvalue weighted by Crippen LogP contribution is -2.15. The van der Waals surface area contributed by atoms with Gasteiger partial charge in [-0.25, -0.2) is 4.98 Å². The zero-order valence-electron chi connectivity index (χ0n) is 12.1. The van der Waals surface area contributed by atoms with Crippen LogP contribution in [0.2, 0.25) is 10.0 Å². The molecule has 1 amide bonds. The van der Waals surface area contributed by atoms with Crippen molar-refractivity contribution >= 4 is 40.6 Å². The van der Waals surface area contributed by atoms with Gasteiger partial charge in [0.1, 0.15) is 17.5 Å². The molecule has 0 unspecified atom stereocenters. The molecule has 0 bridgehead atoms. The van der Waals surface area contributed by atoms with Crippen LogP contribution >= 0.6 is 23.2 Å². The molecule has 2 rings (SSSR count). The first kappa shape index (κ1) is 16.8. The van der Waals surface area contributed by atoms with E-state index in [9.17, 15) is 4.79 Å². The lowest BCUT2D eigenvalue weighted by Gasteiger charge is -2.07. The Hall–Kier alpha value is -2.55. The summed E-state index contributed by atoms with van der Waals surface area (Å²) in [6, 6.07) is 11.9. The van der Waals surface area contributed by atoms with Gasteiger partial charge in [0.2, 0.25) is 0 Å². The number of aromatic nitrogens is 1. The fourth-order valence-electron chi connectivity index (χ4n) is 1.70. The number of aryl methyl sites for hydroxylation is 1. The Kier molecular flexibility index (Phi) is 5.58. The second kappa shape index (κ2) is 7.63. The highest BCUT2D eigenvalue weighted by Crippen LogP contribution is 2.25. The number of halogens is 2. The van der Waals surface area contributed by atoms with E-state index in [4.69, 9.17) is 28.5 Å². The molecule has 0 aliphatic rings. The van der Waals surface area contributed by atoms with E-state index in [0.29, 0.717) is 16.5 Å². The van der Waals surface area contributed by atoms with Crippen LogP contribution in [-0.4, -0.2) is 10.9 Å². The van der Waals surface area contributed by atoms with Crippen LogP contribution in [0.5, 0.6) is 0 Å². The van der Waals surface area contributed by atoms with Gasteiger partial charge in [0.15, 0.2) is 0 Å². The maximum Gasteiger partial charge on any atom is 0.267 e. The Morgan fingerprint density at radius 1 is 1.30 bits per heavy atom. The van der Waals surface area contributed by atoms with E-state index in [0.717, 1.165) is 5.69 Å². The summed E-state index contributed by atoms with van der Waals surface area (Å²) < 4.78 is 0. The summed E-state index contributed by atoms with van der Waals surface area (Å²) in [6.07, 6.45) is 1.29.